The van der Waals surface area contributed by atoms with E-state index in [4.69, 9.17) is 0 Å². The molecule has 2 heteroatoms. The van der Waals surface area contributed by atoms with Crippen molar-refractivity contribution < 1.29 is 0 Å². The zero-order valence-corrected chi connectivity index (χ0v) is 33.7. The molecule has 11 aromatic rings. The molecule has 1 heterocycles. The van der Waals surface area contributed by atoms with Crippen molar-refractivity contribution in [1.82, 2.24) is 0 Å². The van der Waals surface area contributed by atoms with Crippen molar-refractivity contribution in [2.45, 2.75) is 0 Å². The maximum atomic E-state index is 2.40. The summed E-state index contributed by atoms with van der Waals surface area (Å²) < 4.78 is 2.64. The quantitative estimate of drug-likeness (QED) is 0.148. The van der Waals surface area contributed by atoms with E-state index in [9.17, 15) is 0 Å². The van der Waals surface area contributed by atoms with E-state index in [2.05, 4.69) is 241 Å². The second kappa shape index (κ2) is 15.3. The van der Waals surface area contributed by atoms with E-state index < -0.39 is 0 Å². The molecular weight excluding hydrogens is 743 g/mol. The molecule has 0 aliphatic heterocycles. The van der Waals surface area contributed by atoms with Gasteiger partial charge in [-0.25, -0.2) is 0 Å². The summed E-state index contributed by atoms with van der Waals surface area (Å²) in [6, 6.07) is 86.2. The lowest BCUT2D eigenvalue weighted by Gasteiger charge is -2.27. The largest absolute Gasteiger partial charge is 0.310 e. The van der Waals surface area contributed by atoms with Gasteiger partial charge in [0, 0.05) is 37.2 Å². The Morgan fingerprint density at radius 3 is 1.40 bits per heavy atom. The standard InChI is InChI=1S/C58H39NS/c1-3-13-40(14-4-1)48-36-49(41-15-5-2-6-16-41)38-52(37-48)59(51-32-27-43(28-33-51)46-29-34-56-55-22-9-10-24-57(55)60-58(56)39-46)50-30-25-42(26-31-50)45-19-11-20-47(35-45)54-23-12-18-44-17-7-8-21-53(44)54/h1-39H. The molecule has 10 aromatic carbocycles. The molecule has 0 atom stereocenters. The summed E-state index contributed by atoms with van der Waals surface area (Å²) in [5.41, 5.74) is 15.2. The molecule has 11 rings (SSSR count). The predicted molar refractivity (Wildman–Crippen MR) is 259 cm³/mol. The van der Waals surface area contributed by atoms with Crippen LogP contribution in [0.3, 0.4) is 0 Å². The first kappa shape index (κ1) is 35.6. The van der Waals surface area contributed by atoms with E-state index in [-0.39, 0.29) is 0 Å². The van der Waals surface area contributed by atoms with E-state index in [1.807, 2.05) is 11.3 Å². The van der Waals surface area contributed by atoms with Gasteiger partial charge < -0.3 is 4.90 Å². The van der Waals surface area contributed by atoms with Crippen molar-refractivity contribution in [3.05, 3.63) is 237 Å². The highest BCUT2D eigenvalue weighted by Gasteiger charge is 2.17. The minimum absolute atomic E-state index is 1.09. The Labute approximate surface area is 354 Å². The van der Waals surface area contributed by atoms with Gasteiger partial charge in [0.05, 0.1) is 0 Å². The minimum Gasteiger partial charge on any atom is -0.310 e. The molecule has 0 aliphatic rings. The van der Waals surface area contributed by atoms with E-state index >= 15 is 0 Å². The van der Waals surface area contributed by atoms with E-state index in [0.29, 0.717) is 0 Å². The molecule has 0 bridgehead atoms. The number of hydrogen-bond donors (Lipinski definition) is 0. The molecule has 0 radical (unpaired) electrons. The van der Waals surface area contributed by atoms with Crippen LogP contribution in [-0.4, -0.2) is 0 Å². The van der Waals surface area contributed by atoms with Crippen LogP contribution in [0, 0.1) is 0 Å². The van der Waals surface area contributed by atoms with E-state index in [1.165, 1.54) is 86.6 Å². The third kappa shape index (κ3) is 6.73. The number of nitrogens with zero attached hydrogens (tertiary/aromatic N) is 1. The van der Waals surface area contributed by atoms with Gasteiger partial charge in [0.15, 0.2) is 0 Å². The zero-order chi connectivity index (χ0) is 39.8. The molecule has 282 valence electrons. The van der Waals surface area contributed by atoms with Crippen molar-refractivity contribution in [1.29, 1.82) is 0 Å². The summed E-state index contributed by atoms with van der Waals surface area (Å²) in [4.78, 5) is 2.40. The fourth-order valence-corrected chi connectivity index (χ4v) is 9.78. The summed E-state index contributed by atoms with van der Waals surface area (Å²) in [5, 5.41) is 5.16. The Morgan fingerprint density at radius 2 is 0.717 bits per heavy atom. The van der Waals surface area contributed by atoms with Crippen molar-refractivity contribution in [3.8, 4) is 55.6 Å². The van der Waals surface area contributed by atoms with Gasteiger partial charge in [0.1, 0.15) is 0 Å². The minimum atomic E-state index is 1.09. The molecule has 0 amide bonds. The topological polar surface area (TPSA) is 3.24 Å². The molecule has 1 nitrogen and oxygen atoms in total. The highest BCUT2D eigenvalue weighted by Crippen LogP contribution is 2.42. The molecule has 60 heavy (non-hydrogen) atoms. The van der Waals surface area contributed by atoms with Crippen LogP contribution in [-0.2, 0) is 0 Å². The maximum absolute atomic E-state index is 2.40. The summed E-state index contributed by atoms with van der Waals surface area (Å²) in [6.45, 7) is 0. The van der Waals surface area contributed by atoms with Crippen LogP contribution in [0.4, 0.5) is 17.1 Å². The van der Waals surface area contributed by atoms with Crippen LogP contribution in [0.5, 0.6) is 0 Å². The summed E-state index contributed by atoms with van der Waals surface area (Å²) in [5.74, 6) is 0. The van der Waals surface area contributed by atoms with Crippen LogP contribution in [0.2, 0.25) is 0 Å². The monoisotopic (exact) mass is 781 g/mol. The Kier molecular flexibility index (Phi) is 9.11. The molecular formula is C58H39NS. The molecule has 0 fully saturated rings. The van der Waals surface area contributed by atoms with Gasteiger partial charge in [-0.3, -0.25) is 0 Å². The highest BCUT2D eigenvalue weighted by molar-refractivity contribution is 7.25. The van der Waals surface area contributed by atoms with Crippen LogP contribution in [0.1, 0.15) is 0 Å². The zero-order valence-electron chi connectivity index (χ0n) is 32.9. The number of fused-ring (bicyclic) bond motifs is 4. The number of thiophene rings is 1. The Bertz CT molecular complexity index is 3230. The fourth-order valence-electron chi connectivity index (χ4n) is 8.64. The van der Waals surface area contributed by atoms with Crippen LogP contribution in [0.25, 0.3) is 86.6 Å². The smallest absolute Gasteiger partial charge is 0.0473 e. The first-order valence-corrected chi connectivity index (χ1v) is 21.3. The fraction of sp³-hybridized carbons (Fsp3) is 0. The van der Waals surface area contributed by atoms with Gasteiger partial charge >= 0.3 is 0 Å². The Balaban J connectivity index is 1.01. The van der Waals surface area contributed by atoms with Gasteiger partial charge in [-0.1, -0.05) is 176 Å². The highest BCUT2D eigenvalue weighted by atomic mass is 32.1. The number of benzene rings is 10. The summed E-state index contributed by atoms with van der Waals surface area (Å²) in [6.07, 6.45) is 0. The Morgan fingerprint density at radius 1 is 0.250 bits per heavy atom. The van der Waals surface area contributed by atoms with Crippen LogP contribution >= 0.6 is 11.3 Å². The maximum Gasteiger partial charge on any atom is 0.0473 e. The van der Waals surface area contributed by atoms with E-state index in [1.54, 1.807) is 0 Å². The van der Waals surface area contributed by atoms with Crippen molar-refractivity contribution in [2.75, 3.05) is 4.90 Å². The normalized spacial score (nSPS) is 11.3. The lowest BCUT2D eigenvalue weighted by atomic mass is 9.95. The van der Waals surface area contributed by atoms with Gasteiger partial charge in [-0.2, -0.15) is 0 Å². The average molecular weight is 782 g/mol. The SMILES string of the molecule is c1ccc(-c2cc(-c3ccccc3)cc(N(c3ccc(-c4cccc(-c5cccc6ccccc56)c4)cc3)c3ccc(-c4ccc5c(c4)sc4ccccc45)cc3)c2)cc1. The second-order valence-electron chi connectivity index (χ2n) is 15.3. The number of hydrogen-bond acceptors (Lipinski definition) is 2. The first-order chi connectivity index (χ1) is 29.7. The van der Waals surface area contributed by atoms with Crippen molar-refractivity contribution in [2.24, 2.45) is 0 Å². The van der Waals surface area contributed by atoms with Crippen molar-refractivity contribution >= 4 is 59.3 Å². The van der Waals surface area contributed by atoms with E-state index in [0.717, 1.165) is 17.1 Å². The Hall–Kier alpha value is -7.52. The van der Waals surface area contributed by atoms with Crippen LogP contribution in [0.15, 0.2) is 237 Å². The number of anilines is 3. The second-order valence-corrected chi connectivity index (χ2v) is 16.4. The van der Waals surface area contributed by atoms with Gasteiger partial charge in [-0.05, 0) is 127 Å². The van der Waals surface area contributed by atoms with Crippen LogP contribution < -0.4 is 4.90 Å². The van der Waals surface area contributed by atoms with Crippen molar-refractivity contribution in [3.63, 3.8) is 0 Å². The van der Waals surface area contributed by atoms with Gasteiger partial charge in [0.25, 0.3) is 0 Å². The average Bonchev–Trinajstić information content (AvgIpc) is 3.70. The molecule has 0 saturated carbocycles. The third-order valence-electron chi connectivity index (χ3n) is 11.6. The van der Waals surface area contributed by atoms with Gasteiger partial charge in [0.2, 0.25) is 0 Å². The predicted octanol–water partition coefficient (Wildman–Crippen LogP) is 17.0. The first-order valence-electron chi connectivity index (χ1n) is 20.5. The molecule has 0 N–H and O–H groups in total. The molecule has 0 unspecified atom stereocenters. The number of rotatable bonds is 8. The third-order valence-corrected chi connectivity index (χ3v) is 12.8. The summed E-state index contributed by atoms with van der Waals surface area (Å²) in [7, 11) is 0. The molecule has 0 aliphatic carbocycles. The summed E-state index contributed by atoms with van der Waals surface area (Å²) >= 11 is 1.86. The molecule has 0 spiro atoms. The lowest BCUT2D eigenvalue weighted by Crippen LogP contribution is -2.10. The molecule has 1 aromatic heterocycles. The molecule has 0 saturated heterocycles. The van der Waals surface area contributed by atoms with Gasteiger partial charge in [-0.15, -0.1) is 11.3 Å². The lowest BCUT2D eigenvalue weighted by molar-refractivity contribution is 1.28.